The van der Waals surface area contributed by atoms with E-state index >= 15 is 0 Å². The summed E-state index contributed by atoms with van der Waals surface area (Å²) in [6.45, 7) is 6.53. The predicted molar refractivity (Wildman–Crippen MR) is 129 cm³/mol. The third-order valence-electron chi connectivity index (χ3n) is 4.59. The molecule has 1 atom stereocenters. The summed E-state index contributed by atoms with van der Waals surface area (Å²) >= 11 is 5.03. The Kier molecular flexibility index (Phi) is 10.2. The van der Waals surface area contributed by atoms with Crippen molar-refractivity contribution >= 4 is 35.2 Å². The van der Waals surface area contributed by atoms with Crippen LogP contribution < -0.4 is 25.6 Å². The second-order valence-corrected chi connectivity index (χ2v) is 7.37. The van der Waals surface area contributed by atoms with Crippen molar-refractivity contribution in [3.8, 4) is 11.5 Å². The normalized spacial score (nSPS) is 11.5. The van der Waals surface area contributed by atoms with E-state index in [9.17, 15) is 9.59 Å². The molecule has 0 aliphatic carbocycles. The minimum atomic E-state index is -0.427. The summed E-state index contributed by atoms with van der Waals surface area (Å²) in [6.07, 6.45) is 3.96. The Morgan fingerprint density at radius 3 is 2.44 bits per heavy atom. The molecule has 0 heterocycles. The van der Waals surface area contributed by atoms with Crippen LogP contribution in [0.25, 0.3) is 6.08 Å². The van der Waals surface area contributed by atoms with Gasteiger partial charge in [0.1, 0.15) is 11.5 Å². The molecular weight excluding hydrogens is 426 g/mol. The van der Waals surface area contributed by atoms with Gasteiger partial charge >= 0.3 is 0 Å². The van der Waals surface area contributed by atoms with E-state index in [-0.39, 0.29) is 11.7 Å². The molecule has 0 fully saturated rings. The van der Waals surface area contributed by atoms with Crippen molar-refractivity contribution in [2.24, 2.45) is 0 Å². The zero-order valence-electron chi connectivity index (χ0n) is 18.5. The number of ether oxygens (including phenoxy) is 2. The Morgan fingerprint density at radius 2 is 1.75 bits per heavy atom. The lowest BCUT2D eigenvalue weighted by molar-refractivity contribution is -0.123. The lowest BCUT2D eigenvalue weighted by atomic mass is 9.98. The average Bonchev–Trinajstić information content (AvgIpc) is 2.81. The predicted octanol–water partition coefficient (Wildman–Crippen LogP) is 3.71. The van der Waals surface area contributed by atoms with Crippen molar-refractivity contribution < 1.29 is 19.1 Å². The Hall–Kier alpha value is -3.39. The number of benzene rings is 2. The molecule has 0 bridgehead atoms. The van der Waals surface area contributed by atoms with Crippen LogP contribution in [0.4, 0.5) is 0 Å². The van der Waals surface area contributed by atoms with E-state index < -0.39 is 11.8 Å². The number of thiocarbonyl (C=S) groups is 1. The van der Waals surface area contributed by atoms with Crippen LogP contribution in [0, 0.1) is 0 Å². The highest BCUT2D eigenvalue weighted by Gasteiger charge is 2.11. The van der Waals surface area contributed by atoms with E-state index in [2.05, 4.69) is 30.0 Å². The average molecular weight is 456 g/mol. The van der Waals surface area contributed by atoms with Gasteiger partial charge in [-0.2, -0.15) is 0 Å². The first kappa shape index (κ1) is 24.9. The maximum absolute atomic E-state index is 12.0. The van der Waals surface area contributed by atoms with E-state index in [0.717, 1.165) is 23.3 Å². The molecule has 2 aromatic carbocycles. The van der Waals surface area contributed by atoms with E-state index in [4.69, 9.17) is 21.7 Å². The van der Waals surface area contributed by atoms with Crippen LogP contribution in [0.5, 0.6) is 11.5 Å². The van der Waals surface area contributed by atoms with Crippen LogP contribution >= 0.6 is 12.2 Å². The Balaban J connectivity index is 1.74. The molecule has 32 heavy (non-hydrogen) atoms. The Bertz CT molecular complexity index is 945. The van der Waals surface area contributed by atoms with Gasteiger partial charge in [0, 0.05) is 6.08 Å². The molecule has 2 aromatic rings. The maximum atomic E-state index is 12.0. The van der Waals surface area contributed by atoms with E-state index in [1.807, 2.05) is 55.5 Å². The summed E-state index contributed by atoms with van der Waals surface area (Å²) in [5, 5.41) is 2.43. The van der Waals surface area contributed by atoms with Gasteiger partial charge in [-0.1, -0.05) is 44.2 Å². The second kappa shape index (κ2) is 13.1. The third kappa shape index (κ3) is 8.39. The number of amides is 2. The lowest BCUT2D eigenvalue weighted by Gasteiger charge is -2.16. The smallest absolute Gasteiger partial charge is 0.276 e. The molecule has 0 radical (unpaired) electrons. The molecule has 1 unspecified atom stereocenters. The van der Waals surface area contributed by atoms with Crippen LogP contribution in [-0.4, -0.2) is 30.1 Å². The van der Waals surface area contributed by atoms with Crippen molar-refractivity contribution in [3.63, 3.8) is 0 Å². The molecule has 0 aliphatic rings. The SMILES string of the molecule is CCOc1ccc(/C=C/C(=O)NC(=S)NNC(=O)COc2ccccc2C(C)CC)cc1. The van der Waals surface area contributed by atoms with Gasteiger partial charge < -0.3 is 9.47 Å². The number of hydrogen-bond acceptors (Lipinski definition) is 5. The Labute approximate surface area is 194 Å². The van der Waals surface area contributed by atoms with Gasteiger partial charge in [0.25, 0.3) is 5.91 Å². The quantitative estimate of drug-likeness (QED) is 0.303. The van der Waals surface area contributed by atoms with E-state index in [1.54, 1.807) is 6.08 Å². The van der Waals surface area contributed by atoms with Crippen LogP contribution in [0.15, 0.2) is 54.6 Å². The van der Waals surface area contributed by atoms with Crippen molar-refractivity contribution in [2.45, 2.75) is 33.1 Å². The largest absolute Gasteiger partial charge is 0.494 e. The van der Waals surface area contributed by atoms with Gasteiger partial charge in [-0.25, -0.2) is 0 Å². The molecule has 0 spiro atoms. The zero-order valence-corrected chi connectivity index (χ0v) is 19.3. The fourth-order valence-electron chi connectivity index (χ4n) is 2.74. The van der Waals surface area contributed by atoms with E-state index in [0.29, 0.717) is 18.3 Å². The zero-order chi connectivity index (χ0) is 23.3. The fraction of sp³-hybridized carbons (Fsp3) is 0.292. The van der Waals surface area contributed by atoms with Gasteiger partial charge in [0.2, 0.25) is 5.91 Å². The molecular formula is C24H29N3O4S. The summed E-state index contributed by atoms with van der Waals surface area (Å²) in [5.41, 5.74) is 6.78. The highest BCUT2D eigenvalue weighted by Crippen LogP contribution is 2.28. The topological polar surface area (TPSA) is 88.7 Å². The molecule has 7 nitrogen and oxygen atoms in total. The number of carbonyl (C=O) groups excluding carboxylic acids is 2. The first-order valence-electron chi connectivity index (χ1n) is 10.4. The number of rotatable bonds is 9. The number of hydrazine groups is 1. The van der Waals surface area contributed by atoms with Crippen molar-refractivity contribution in [1.29, 1.82) is 0 Å². The van der Waals surface area contributed by atoms with Crippen molar-refractivity contribution in [1.82, 2.24) is 16.2 Å². The molecule has 8 heteroatoms. The first-order valence-corrected chi connectivity index (χ1v) is 10.9. The monoisotopic (exact) mass is 455 g/mol. The fourth-order valence-corrected chi connectivity index (χ4v) is 2.90. The summed E-state index contributed by atoms with van der Waals surface area (Å²) in [7, 11) is 0. The van der Waals surface area contributed by atoms with Crippen LogP contribution in [0.3, 0.4) is 0 Å². The highest BCUT2D eigenvalue weighted by atomic mass is 32.1. The number of hydrogen-bond donors (Lipinski definition) is 3. The summed E-state index contributed by atoms with van der Waals surface area (Å²) in [4.78, 5) is 24.0. The molecule has 2 amide bonds. The van der Waals surface area contributed by atoms with Gasteiger partial charge in [-0.15, -0.1) is 0 Å². The van der Waals surface area contributed by atoms with Crippen molar-refractivity contribution in [2.75, 3.05) is 13.2 Å². The molecule has 0 saturated heterocycles. The number of para-hydroxylation sites is 1. The lowest BCUT2D eigenvalue weighted by Crippen LogP contribution is -2.49. The third-order valence-corrected chi connectivity index (χ3v) is 4.80. The molecule has 0 saturated carbocycles. The molecule has 0 aliphatic heterocycles. The summed E-state index contributed by atoms with van der Waals surface area (Å²) < 4.78 is 11.0. The first-order chi connectivity index (χ1) is 15.4. The van der Waals surface area contributed by atoms with Crippen LogP contribution in [0.1, 0.15) is 44.2 Å². The maximum Gasteiger partial charge on any atom is 0.276 e. The standard InChI is InChI=1S/C24H29N3O4S/c1-4-17(3)20-8-6-7-9-21(20)31-16-23(29)26-27-24(32)25-22(28)15-12-18-10-13-19(14-11-18)30-5-2/h6-15,17H,4-5,16H2,1-3H3,(H,26,29)(H2,25,27,28,32)/b15-12+. The Morgan fingerprint density at radius 1 is 1.03 bits per heavy atom. The van der Waals surface area contributed by atoms with Gasteiger partial charge in [0.15, 0.2) is 11.7 Å². The minimum Gasteiger partial charge on any atom is -0.494 e. The number of carbonyl (C=O) groups is 2. The number of nitrogens with one attached hydrogen (secondary N) is 3. The second-order valence-electron chi connectivity index (χ2n) is 6.96. The molecule has 3 N–H and O–H groups in total. The summed E-state index contributed by atoms with van der Waals surface area (Å²) in [6, 6.07) is 15.0. The van der Waals surface area contributed by atoms with Gasteiger partial charge in [-0.3, -0.25) is 25.8 Å². The molecule has 2 rings (SSSR count). The van der Waals surface area contributed by atoms with Crippen LogP contribution in [0.2, 0.25) is 0 Å². The van der Waals surface area contributed by atoms with Gasteiger partial charge in [0.05, 0.1) is 6.61 Å². The van der Waals surface area contributed by atoms with Gasteiger partial charge in [-0.05, 0) is 66.9 Å². The molecule has 0 aromatic heterocycles. The van der Waals surface area contributed by atoms with E-state index in [1.165, 1.54) is 6.08 Å². The summed E-state index contributed by atoms with van der Waals surface area (Å²) in [5.74, 6) is 0.913. The van der Waals surface area contributed by atoms with Crippen molar-refractivity contribution in [3.05, 3.63) is 65.7 Å². The minimum absolute atomic E-state index is 0.0281. The highest BCUT2D eigenvalue weighted by molar-refractivity contribution is 7.80. The van der Waals surface area contributed by atoms with Crippen LogP contribution in [-0.2, 0) is 9.59 Å². The molecule has 170 valence electrons.